The molecule has 3 heterocycles. The Balaban J connectivity index is 1.44. The molecule has 6 rings (SSSR count). The number of alkyl halides is 3. The van der Waals surface area contributed by atoms with Gasteiger partial charge < -0.3 is 19.4 Å². The fraction of sp³-hybridized carbons (Fsp3) is 0.350. The van der Waals surface area contributed by atoms with Crippen LogP contribution in [0.3, 0.4) is 0 Å². The zero-order chi connectivity index (χ0) is 39.7. The van der Waals surface area contributed by atoms with Crippen LogP contribution in [0.5, 0.6) is 0 Å². The normalized spacial score (nSPS) is 17.4. The van der Waals surface area contributed by atoms with Gasteiger partial charge in [-0.1, -0.05) is 99.1 Å². The van der Waals surface area contributed by atoms with Crippen LogP contribution in [0.1, 0.15) is 51.7 Å². The molecule has 55 heavy (non-hydrogen) atoms. The maximum absolute atomic E-state index is 14.7. The molecule has 1 saturated heterocycles. The number of carbonyl (C=O) groups is 1. The summed E-state index contributed by atoms with van der Waals surface area (Å²) in [7, 11) is -3.01. The van der Waals surface area contributed by atoms with Gasteiger partial charge in [0.2, 0.25) is 0 Å². The van der Waals surface area contributed by atoms with Crippen LogP contribution in [0.15, 0.2) is 101 Å². The van der Waals surface area contributed by atoms with E-state index in [2.05, 4.69) is 60.0 Å². The molecule has 15 heteroatoms. The van der Waals surface area contributed by atoms with Crippen molar-refractivity contribution in [3.05, 3.63) is 118 Å². The number of hydrogen-bond acceptors (Lipinski definition) is 7. The fourth-order valence-electron chi connectivity index (χ4n) is 7.71. The van der Waals surface area contributed by atoms with Gasteiger partial charge in [0.15, 0.2) is 0 Å². The Bertz CT molecular complexity index is 2140. The number of halogens is 4. The van der Waals surface area contributed by atoms with Gasteiger partial charge in [-0.05, 0) is 47.0 Å². The number of hydrogen-bond donors (Lipinski definition) is 2. The highest BCUT2D eigenvalue weighted by Crippen LogP contribution is 2.46. The van der Waals surface area contributed by atoms with Gasteiger partial charge in [-0.3, -0.25) is 9.88 Å². The van der Waals surface area contributed by atoms with Gasteiger partial charge in [-0.15, -0.1) is 11.8 Å². The molecule has 1 aliphatic rings. The highest BCUT2D eigenvalue weighted by molar-refractivity contribution is 7.99. The molecule has 290 valence electrons. The molecule has 1 fully saturated rings. The number of thioether (sulfide) groups is 1. The standard InChI is InChI=1S/C40H43ClF3N5O4SSi/c1-25-21-48(22-26(2)49(25)38(51)52)36-31-19-32(40(42,43)44)33(41)35(34(31)46-37(50)47-36)54-24-28(27-13-12-18-45-20-27)23-53-55(39(3,4)5,29-14-8-6-9-15-29)30-16-10-7-11-17-30/h6-20,25-26,28H,21-24H2,1-5H3,(H,51,52)(H,46,47,50)/t25-,26+,28?. The number of pyridine rings is 1. The molecule has 2 N–H and O–H groups in total. The zero-order valence-electron chi connectivity index (χ0n) is 31.1. The number of amides is 1. The van der Waals surface area contributed by atoms with Crippen LogP contribution in [0.2, 0.25) is 10.1 Å². The van der Waals surface area contributed by atoms with E-state index < -0.39 is 48.9 Å². The van der Waals surface area contributed by atoms with E-state index in [1.165, 1.54) is 4.90 Å². The highest BCUT2D eigenvalue weighted by Gasteiger charge is 2.50. The average Bonchev–Trinajstić information content (AvgIpc) is 3.13. The molecule has 3 aromatic carbocycles. The van der Waals surface area contributed by atoms with Crippen molar-refractivity contribution >= 4 is 64.9 Å². The fourth-order valence-corrected chi connectivity index (χ4v) is 13.9. The summed E-state index contributed by atoms with van der Waals surface area (Å²) < 4.78 is 51.5. The number of H-pyrrole nitrogens is 1. The minimum atomic E-state index is -4.83. The molecule has 1 amide bonds. The summed E-state index contributed by atoms with van der Waals surface area (Å²) >= 11 is 7.76. The summed E-state index contributed by atoms with van der Waals surface area (Å²) in [6, 6.07) is 23.9. The Labute approximate surface area is 328 Å². The van der Waals surface area contributed by atoms with E-state index in [9.17, 15) is 27.9 Å². The molecule has 0 saturated carbocycles. The lowest BCUT2D eigenvalue weighted by atomic mass is 10.0. The van der Waals surface area contributed by atoms with Crippen molar-refractivity contribution in [2.45, 2.75) is 68.7 Å². The van der Waals surface area contributed by atoms with E-state index in [-0.39, 0.29) is 58.0 Å². The lowest BCUT2D eigenvalue weighted by molar-refractivity contribution is -0.137. The third kappa shape index (κ3) is 8.14. The first-order valence-corrected chi connectivity index (χ1v) is 21.2. The Morgan fingerprint density at radius 2 is 1.62 bits per heavy atom. The van der Waals surface area contributed by atoms with Crippen molar-refractivity contribution in [3.63, 3.8) is 0 Å². The Morgan fingerprint density at radius 3 is 2.13 bits per heavy atom. The summed E-state index contributed by atoms with van der Waals surface area (Å²) in [5.41, 5.74) is -0.877. The van der Waals surface area contributed by atoms with E-state index in [1.807, 2.05) is 48.5 Å². The van der Waals surface area contributed by atoms with Crippen molar-refractivity contribution < 1.29 is 27.5 Å². The van der Waals surface area contributed by atoms with Crippen molar-refractivity contribution in [3.8, 4) is 0 Å². The summed E-state index contributed by atoms with van der Waals surface area (Å²) in [6.45, 7) is 10.4. The molecule has 9 nitrogen and oxygen atoms in total. The van der Waals surface area contributed by atoms with Gasteiger partial charge in [-0.2, -0.15) is 18.2 Å². The van der Waals surface area contributed by atoms with Crippen molar-refractivity contribution in [1.82, 2.24) is 19.9 Å². The lowest BCUT2D eigenvalue weighted by Crippen LogP contribution is -2.66. The van der Waals surface area contributed by atoms with Crippen LogP contribution in [0.4, 0.5) is 23.8 Å². The number of rotatable bonds is 10. The maximum atomic E-state index is 14.7. The first-order valence-electron chi connectivity index (χ1n) is 17.9. The van der Waals surface area contributed by atoms with E-state index in [1.54, 1.807) is 31.1 Å². The Morgan fingerprint density at radius 1 is 1.02 bits per heavy atom. The van der Waals surface area contributed by atoms with Crippen LogP contribution < -0.4 is 21.0 Å². The molecule has 1 unspecified atom stereocenters. The molecule has 1 aliphatic heterocycles. The van der Waals surface area contributed by atoms with Crippen molar-refractivity contribution in [1.29, 1.82) is 0 Å². The molecule has 5 aromatic rings. The topological polar surface area (TPSA) is 112 Å². The Kier molecular flexibility index (Phi) is 11.7. The van der Waals surface area contributed by atoms with Crippen LogP contribution in [-0.4, -0.2) is 76.9 Å². The molecular formula is C40H43ClF3N5O4SSi. The number of benzene rings is 3. The molecule has 0 spiro atoms. The number of carboxylic acid groups (broad SMARTS) is 1. The predicted octanol–water partition coefficient (Wildman–Crippen LogP) is 8.02. The summed E-state index contributed by atoms with van der Waals surface area (Å²) in [5, 5.41) is 11.1. The number of anilines is 1. The van der Waals surface area contributed by atoms with Gasteiger partial charge in [0, 0.05) is 49.1 Å². The van der Waals surface area contributed by atoms with Crippen molar-refractivity contribution in [2.75, 3.05) is 30.3 Å². The third-order valence-electron chi connectivity index (χ3n) is 10.1. The largest absolute Gasteiger partial charge is 0.465 e. The number of fused-ring (bicyclic) bond motifs is 1. The quantitative estimate of drug-likeness (QED) is 0.108. The summed E-state index contributed by atoms with van der Waals surface area (Å²) in [5.74, 6) is -0.101. The molecule has 3 atom stereocenters. The molecule has 0 radical (unpaired) electrons. The first-order chi connectivity index (χ1) is 26.0. The van der Waals surface area contributed by atoms with Crippen LogP contribution in [-0.2, 0) is 10.6 Å². The number of piperazine rings is 1. The summed E-state index contributed by atoms with van der Waals surface area (Å²) in [6.07, 6.45) is -2.54. The second-order valence-corrected chi connectivity index (χ2v) is 20.6. The summed E-state index contributed by atoms with van der Waals surface area (Å²) in [4.78, 5) is 39.3. The van der Waals surface area contributed by atoms with Crippen LogP contribution in [0.25, 0.3) is 10.9 Å². The van der Waals surface area contributed by atoms with E-state index in [0.29, 0.717) is 0 Å². The Hall–Kier alpha value is -4.37. The van der Waals surface area contributed by atoms with E-state index in [0.717, 1.165) is 33.8 Å². The highest BCUT2D eigenvalue weighted by atomic mass is 35.5. The van der Waals surface area contributed by atoms with Crippen LogP contribution in [0, 0.1) is 0 Å². The van der Waals surface area contributed by atoms with Gasteiger partial charge in [0.05, 0.1) is 33.1 Å². The smallest absolute Gasteiger partial charge is 0.417 e. The van der Waals surface area contributed by atoms with Gasteiger partial charge in [0.25, 0.3) is 8.32 Å². The number of aromatic nitrogens is 3. The number of nitrogens with one attached hydrogen (secondary N) is 1. The minimum Gasteiger partial charge on any atom is -0.465 e. The monoisotopic (exact) mass is 809 g/mol. The van der Waals surface area contributed by atoms with Crippen LogP contribution >= 0.6 is 23.4 Å². The second kappa shape index (κ2) is 16.0. The van der Waals surface area contributed by atoms with Crippen molar-refractivity contribution in [2.24, 2.45) is 0 Å². The minimum absolute atomic E-state index is 0.0327. The van der Waals surface area contributed by atoms with E-state index in [4.69, 9.17) is 16.0 Å². The van der Waals surface area contributed by atoms with Gasteiger partial charge in [-0.25, -0.2) is 9.59 Å². The number of nitrogens with zero attached hydrogens (tertiary/aromatic N) is 4. The number of aromatic amines is 1. The maximum Gasteiger partial charge on any atom is 0.417 e. The second-order valence-electron chi connectivity index (χ2n) is 14.9. The third-order valence-corrected chi connectivity index (χ3v) is 16.9. The van der Waals surface area contributed by atoms with E-state index >= 15 is 0 Å². The lowest BCUT2D eigenvalue weighted by Gasteiger charge is -2.43. The molecular weight excluding hydrogens is 767 g/mol. The molecule has 0 bridgehead atoms. The van der Waals surface area contributed by atoms with Gasteiger partial charge in [0.1, 0.15) is 5.82 Å². The SMILES string of the molecule is C[C@@H]1CN(c2nc(=O)[nH]c3c(SCC(CO[Si](c4ccccc4)(c4ccccc4)C(C)(C)C)c4cccnc4)c(Cl)c(C(F)(F)F)cc23)C[C@H](C)N1C(=O)O. The zero-order valence-corrected chi connectivity index (χ0v) is 33.7. The average molecular weight is 810 g/mol. The van der Waals surface area contributed by atoms with Gasteiger partial charge >= 0.3 is 18.0 Å². The first kappa shape index (κ1) is 40.3. The molecule has 0 aliphatic carbocycles. The predicted molar refractivity (Wildman–Crippen MR) is 215 cm³/mol. The molecule has 2 aromatic heterocycles.